The van der Waals surface area contributed by atoms with Crippen LogP contribution in [0.15, 0.2) is 70.6 Å². The third kappa shape index (κ3) is 6.38. The first-order chi connectivity index (χ1) is 17.2. The number of carbonyl (C=O) groups is 1. The van der Waals surface area contributed by atoms with Crippen LogP contribution in [0, 0.1) is 16.8 Å². The van der Waals surface area contributed by atoms with Gasteiger partial charge in [0.2, 0.25) is 0 Å². The molecule has 0 aromatic carbocycles. The van der Waals surface area contributed by atoms with E-state index in [2.05, 4.69) is 26.5 Å². The molecule has 0 spiro atoms. The molecule has 0 radical (unpaired) electrons. The second-order valence-corrected chi connectivity index (χ2v) is 9.05. The van der Waals surface area contributed by atoms with Gasteiger partial charge in [0, 0.05) is 37.1 Å². The normalized spacial score (nSPS) is 18.9. The number of hydroxylamine groups is 3. The lowest BCUT2D eigenvalue weighted by Crippen LogP contribution is -2.43. The second-order valence-electron chi connectivity index (χ2n) is 8.68. The number of hydrogen-bond donors (Lipinski definition) is 1. The maximum atomic E-state index is 13.8. The second kappa shape index (κ2) is 10.8. The summed E-state index contributed by atoms with van der Waals surface area (Å²) < 4.78 is 30.7. The highest BCUT2D eigenvalue weighted by molar-refractivity contribution is 6.41. The van der Waals surface area contributed by atoms with Crippen molar-refractivity contribution in [2.24, 2.45) is 4.99 Å². The quantitative estimate of drug-likeness (QED) is 0.296. The van der Waals surface area contributed by atoms with Crippen LogP contribution in [0.2, 0.25) is 0 Å². The van der Waals surface area contributed by atoms with Crippen molar-refractivity contribution in [3.8, 4) is 0 Å². The Morgan fingerprint density at radius 1 is 1.38 bits per heavy atom. The van der Waals surface area contributed by atoms with E-state index < -0.39 is 39.4 Å². The average Bonchev–Trinajstić information content (AvgIpc) is 2.83. The van der Waals surface area contributed by atoms with Crippen LogP contribution in [-0.4, -0.2) is 36.8 Å². The van der Waals surface area contributed by atoms with E-state index in [4.69, 9.17) is 16.3 Å². The molecule has 3 heterocycles. The molecule has 0 bridgehead atoms. The number of amides is 1. The molecule has 0 saturated heterocycles. The Morgan fingerprint density at radius 2 is 2.08 bits per heavy atom. The summed E-state index contributed by atoms with van der Waals surface area (Å²) in [5.41, 5.74) is -0.462. The highest BCUT2D eigenvalue weighted by Gasteiger charge is 2.38. The molecule has 0 saturated carbocycles. The summed E-state index contributed by atoms with van der Waals surface area (Å²) in [5, 5.41) is 23.0. The number of rotatable bonds is 8. The zero-order chi connectivity index (χ0) is 27.5. The topological polar surface area (TPSA) is 121 Å². The minimum Gasteiger partial charge on any atom is -0.615 e. The number of aromatic nitrogens is 3. The van der Waals surface area contributed by atoms with Gasteiger partial charge in [0.25, 0.3) is 0 Å². The number of ether oxygens (including phenoxy) is 1. The monoisotopic (exact) mass is 531 g/mol. The summed E-state index contributed by atoms with van der Waals surface area (Å²) in [5.74, 6) is -2.76. The molecule has 1 aliphatic heterocycles. The van der Waals surface area contributed by atoms with Crippen molar-refractivity contribution in [2.45, 2.75) is 39.9 Å². The highest BCUT2D eigenvalue weighted by Crippen LogP contribution is 2.33. The van der Waals surface area contributed by atoms with Crippen molar-refractivity contribution in [3.63, 3.8) is 0 Å². The van der Waals surface area contributed by atoms with Gasteiger partial charge in [0.1, 0.15) is 35.6 Å². The first-order valence-electron chi connectivity index (χ1n) is 10.9. The first kappa shape index (κ1) is 27.9. The van der Waals surface area contributed by atoms with Gasteiger partial charge < -0.3 is 15.1 Å². The summed E-state index contributed by atoms with van der Waals surface area (Å²) >= 11 is 6.11. The predicted molar refractivity (Wildman–Crippen MR) is 133 cm³/mol. The minimum atomic E-state index is -1.55. The average molecular weight is 532 g/mol. The molecular formula is C25H24ClF2N5O4. The molecule has 2 aromatic heterocycles. The lowest BCUT2D eigenvalue weighted by molar-refractivity contribution is -0.706. The van der Waals surface area contributed by atoms with Crippen molar-refractivity contribution in [3.05, 3.63) is 99.6 Å². The van der Waals surface area contributed by atoms with Crippen LogP contribution in [0.1, 0.15) is 44.9 Å². The molecule has 0 aliphatic carbocycles. The summed E-state index contributed by atoms with van der Waals surface area (Å²) in [6, 6.07) is 2.24. The van der Waals surface area contributed by atoms with E-state index in [1.54, 1.807) is 19.9 Å². The molecule has 12 heteroatoms. The summed E-state index contributed by atoms with van der Waals surface area (Å²) in [6.07, 6.45) is 5.97. The fourth-order valence-electron chi connectivity index (χ4n) is 3.10. The summed E-state index contributed by atoms with van der Waals surface area (Å²) in [4.78, 5) is 29.0. The van der Waals surface area contributed by atoms with Crippen molar-refractivity contribution in [1.29, 1.82) is 0 Å². The SMILES string of the molecule is C=C(C=N/C(C)=C/[N+]1([O-])C(=O)C(Cl)=C(OCc2ncc(F)cc2F)C=C1C)c1ccnc(C(C)(C)O)n1. The van der Waals surface area contributed by atoms with Gasteiger partial charge in [-0.1, -0.05) is 18.2 Å². The van der Waals surface area contributed by atoms with Crippen molar-refractivity contribution in [1.82, 2.24) is 15.0 Å². The molecule has 1 aliphatic rings. The van der Waals surface area contributed by atoms with Gasteiger partial charge in [-0.15, -0.1) is 0 Å². The Balaban J connectivity index is 1.77. The number of allylic oxidation sites excluding steroid dienone is 4. The Kier molecular flexibility index (Phi) is 8.13. The van der Waals surface area contributed by atoms with Crippen LogP contribution in [0.3, 0.4) is 0 Å². The minimum absolute atomic E-state index is 0.0101. The Bertz CT molecular complexity index is 1380. The lowest BCUT2D eigenvalue weighted by atomic mass is 10.1. The number of nitrogens with zero attached hydrogens (tertiary/aromatic N) is 5. The standard InChI is InChI=1S/C25H24ClF2N5O4/c1-14(19-6-7-29-24(32-19)25(4,5)35)10-30-15(2)12-33(36)16(3)8-21(22(26)23(33)34)37-13-20-18(28)9-17(27)11-31-20/h6-12,35H,1,13H2,2-5H3/b15-12+,30-10?. The smallest absolute Gasteiger partial charge is 0.370 e. The fourth-order valence-corrected chi connectivity index (χ4v) is 3.33. The maximum Gasteiger partial charge on any atom is 0.370 e. The van der Waals surface area contributed by atoms with Gasteiger partial charge in [-0.05, 0) is 26.8 Å². The Hall–Kier alpha value is -3.64. The number of aliphatic imine (C=N–C) groups is 1. The molecule has 1 atom stereocenters. The van der Waals surface area contributed by atoms with Crippen LogP contribution in [-0.2, 0) is 21.7 Å². The van der Waals surface area contributed by atoms with Crippen LogP contribution in [0.25, 0.3) is 5.57 Å². The van der Waals surface area contributed by atoms with E-state index in [0.29, 0.717) is 17.3 Å². The zero-order valence-electron chi connectivity index (χ0n) is 20.5. The molecule has 1 amide bonds. The third-order valence-corrected chi connectivity index (χ3v) is 5.49. The van der Waals surface area contributed by atoms with Gasteiger partial charge in [-0.3, -0.25) is 9.98 Å². The van der Waals surface area contributed by atoms with Gasteiger partial charge in [-0.25, -0.2) is 28.2 Å². The van der Waals surface area contributed by atoms with Crippen LogP contribution >= 0.6 is 11.6 Å². The summed E-state index contributed by atoms with van der Waals surface area (Å²) in [7, 11) is 0. The van der Waals surface area contributed by atoms with Gasteiger partial charge in [0.05, 0.1) is 17.6 Å². The fraction of sp³-hybridized carbons (Fsp3) is 0.240. The predicted octanol–water partition coefficient (Wildman–Crippen LogP) is 4.75. The molecular weight excluding hydrogens is 508 g/mol. The van der Waals surface area contributed by atoms with Crippen LogP contribution < -0.4 is 0 Å². The van der Waals surface area contributed by atoms with E-state index in [1.807, 2.05) is 0 Å². The number of pyridine rings is 1. The number of hydrogen-bond acceptors (Lipinski definition) is 8. The first-order valence-corrected chi connectivity index (χ1v) is 11.2. The number of carbonyl (C=O) groups excluding carboxylic acids is 1. The van der Waals surface area contributed by atoms with Crippen molar-refractivity contribution < 1.29 is 28.1 Å². The highest BCUT2D eigenvalue weighted by atomic mass is 35.5. The molecule has 0 fully saturated rings. The molecule has 37 heavy (non-hydrogen) atoms. The van der Waals surface area contributed by atoms with E-state index >= 15 is 0 Å². The van der Waals surface area contributed by atoms with Gasteiger partial charge in [0.15, 0.2) is 22.4 Å². The summed E-state index contributed by atoms with van der Waals surface area (Å²) in [6.45, 7) is 9.46. The van der Waals surface area contributed by atoms with E-state index in [0.717, 1.165) is 12.4 Å². The molecule has 3 rings (SSSR count). The van der Waals surface area contributed by atoms with Gasteiger partial charge >= 0.3 is 5.91 Å². The largest absolute Gasteiger partial charge is 0.615 e. The maximum absolute atomic E-state index is 13.8. The Morgan fingerprint density at radius 3 is 2.73 bits per heavy atom. The van der Waals surface area contributed by atoms with Gasteiger partial charge in [-0.2, -0.15) is 0 Å². The van der Waals surface area contributed by atoms with Crippen molar-refractivity contribution >= 4 is 29.3 Å². The molecule has 9 nitrogen and oxygen atoms in total. The van der Waals surface area contributed by atoms with Crippen molar-refractivity contribution in [2.75, 3.05) is 0 Å². The molecule has 1 N–H and O–H groups in total. The third-order valence-electron chi connectivity index (χ3n) is 5.14. The Labute approximate surface area is 217 Å². The molecule has 1 unspecified atom stereocenters. The van der Waals surface area contributed by atoms with Crippen LogP contribution in [0.4, 0.5) is 8.78 Å². The van der Waals surface area contributed by atoms with E-state index in [1.165, 1.54) is 32.3 Å². The molecule has 2 aromatic rings. The molecule has 194 valence electrons. The number of quaternary nitrogens is 1. The van der Waals surface area contributed by atoms with E-state index in [9.17, 15) is 23.9 Å². The number of aliphatic hydroxyl groups is 1. The van der Waals surface area contributed by atoms with E-state index in [-0.39, 0.29) is 28.7 Å². The zero-order valence-corrected chi connectivity index (χ0v) is 21.3. The lowest BCUT2D eigenvalue weighted by Gasteiger charge is -2.38. The van der Waals surface area contributed by atoms with Crippen LogP contribution in [0.5, 0.6) is 0 Å². The number of halogens is 3.